The predicted molar refractivity (Wildman–Crippen MR) is 88.8 cm³/mol. The molecular formula is C15H22Cl2N2O2. The van der Waals surface area contributed by atoms with Gasteiger partial charge in [-0.2, -0.15) is 0 Å². The summed E-state index contributed by atoms with van der Waals surface area (Å²) >= 11 is 6.21. The molecule has 6 heteroatoms. The molecule has 0 unspecified atom stereocenters. The van der Waals surface area contributed by atoms with Gasteiger partial charge in [-0.25, -0.2) is 0 Å². The Kier molecular flexibility index (Phi) is 7.86. The number of rotatable bonds is 6. The molecule has 2 rings (SSSR count). The molecule has 0 aliphatic heterocycles. The normalized spacial score (nSPS) is 14.6. The summed E-state index contributed by atoms with van der Waals surface area (Å²) in [4.78, 5) is 11.6. The Labute approximate surface area is 137 Å². The molecule has 0 bridgehead atoms. The van der Waals surface area contributed by atoms with E-state index in [1.807, 2.05) is 19.2 Å². The number of carbonyl (C=O) groups is 1. The van der Waals surface area contributed by atoms with Crippen LogP contribution >= 0.6 is 24.0 Å². The highest BCUT2D eigenvalue weighted by atomic mass is 35.5. The number of benzene rings is 1. The highest BCUT2D eigenvalue weighted by molar-refractivity contribution is 6.32. The van der Waals surface area contributed by atoms with Crippen molar-refractivity contribution in [3.8, 4) is 5.75 Å². The molecule has 0 heterocycles. The minimum absolute atomic E-state index is 0. The fourth-order valence-electron chi connectivity index (χ4n) is 2.32. The average Bonchev–Trinajstić information content (AvgIpc) is 2.92. The Bertz CT molecular complexity index is 463. The molecule has 2 N–H and O–H groups in total. The van der Waals surface area contributed by atoms with Gasteiger partial charge in [-0.05, 0) is 50.9 Å². The van der Waals surface area contributed by atoms with E-state index in [9.17, 15) is 4.79 Å². The number of amides is 1. The van der Waals surface area contributed by atoms with Crippen LogP contribution < -0.4 is 15.4 Å². The van der Waals surface area contributed by atoms with Gasteiger partial charge in [-0.1, -0.05) is 11.6 Å². The monoisotopic (exact) mass is 332 g/mol. The zero-order valence-electron chi connectivity index (χ0n) is 12.2. The summed E-state index contributed by atoms with van der Waals surface area (Å²) in [5.74, 6) is 0.673. The second kappa shape index (κ2) is 9.13. The van der Waals surface area contributed by atoms with E-state index in [4.69, 9.17) is 16.3 Å². The van der Waals surface area contributed by atoms with E-state index in [1.54, 1.807) is 6.07 Å². The zero-order valence-corrected chi connectivity index (χ0v) is 13.7. The minimum atomic E-state index is -0.0279. The van der Waals surface area contributed by atoms with Gasteiger partial charge in [0.2, 0.25) is 5.91 Å². The Hall–Kier alpha value is -0.970. The van der Waals surface area contributed by atoms with Crippen LogP contribution in [0.25, 0.3) is 0 Å². The number of halogens is 2. The van der Waals surface area contributed by atoms with Crippen molar-refractivity contribution in [2.24, 2.45) is 0 Å². The number of carbonyl (C=O) groups excluding carboxylic acids is 1. The minimum Gasteiger partial charge on any atom is -0.489 e. The third-order valence-electron chi connectivity index (χ3n) is 3.41. The van der Waals surface area contributed by atoms with Crippen molar-refractivity contribution in [1.82, 2.24) is 5.32 Å². The van der Waals surface area contributed by atoms with Crippen LogP contribution in [0.2, 0.25) is 5.02 Å². The zero-order chi connectivity index (χ0) is 14.4. The van der Waals surface area contributed by atoms with Gasteiger partial charge in [-0.3, -0.25) is 4.79 Å². The molecule has 0 spiro atoms. The first-order valence-corrected chi connectivity index (χ1v) is 7.47. The first-order valence-electron chi connectivity index (χ1n) is 7.09. The molecule has 0 radical (unpaired) electrons. The fourth-order valence-corrected chi connectivity index (χ4v) is 2.55. The SMILES string of the molecule is CNCCC(=O)Nc1ccc(OC2CCCC2)c(Cl)c1.Cl. The van der Waals surface area contributed by atoms with Gasteiger partial charge in [0.25, 0.3) is 0 Å². The lowest BCUT2D eigenvalue weighted by Gasteiger charge is -2.15. The van der Waals surface area contributed by atoms with Crippen LogP contribution in [0, 0.1) is 0 Å². The average molecular weight is 333 g/mol. The second-order valence-electron chi connectivity index (χ2n) is 5.07. The van der Waals surface area contributed by atoms with Crippen molar-refractivity contribution in [2.45, 2.75) is 38.2 Å². The molecule has 1 aromatic rings. The Morgan fingerprint density at radius 1 is 1.38 bits per heavy atom. The molecule has 4 nitrogen and oxygen atoms in total. The standard InChI is InChI=1S/C15H21ClN2O2.ClH/c1-17-9-8-15(19)18-11-6-7-14(13(16)10-11)20-12-4-2-3-5-12;/h6-7,10,12,17H,2-5,8-9H2,1H3,(H,18,19);1H. The summed E-state index contributed by atoms with van der Waals surface area (Å²) in [7, 11) is 1.82. The number of nitrogens with one attached hydrogen (secondary N) is 2. The van der Waals surface area contributed by atoms with Crippen LogP contribution in [0.5, 0.6) is 5.75 Å². The van der Waals surface area contributed by atoms with Gasteiger partial charge in [0.1, 0.15) is 5.75 Å². The van der Waals surface area contributed by atoms with Gasteiger partial charge in [0.05, 0.1) is 11.1 Å². The first kappa shape index (κ1) is 18.1. The molecule has 118 valence electrons. The lowest BCUT2D eigenvalue weighted by molar-refractivity contribution is -0.116. The summed E-state index contributed by atoms with van der Waals surface area (Å²) in [5.41, 5.74) is 0.704. The van der Waals surface area contributed by atoms with Crippen molar-refractivity contribution in [3.05, 3.63) is 23.2 Å². The Morgan fingerprint density at radius 2 is 2.10 bits per heavy atom. The molecule has 0 atom stereocenters. The van der Waals surface area contributed by atoms with Crippen LogP contribution in [-0.2, 0) is 4.79 Å². The second-order valence-corrected chi connectivity index (χ2v) is 5.48. The van der Waals surface area contributed by atoms with E-state index in [0.717, 1.165) is 12.8 Å². The maximum Gasteiger partial charge on any atom is 0.225 e. The van der Waals surface area contributed by atoms with Gasteiger partial charge < -0.3 is 15.4 Å². The molecule has 0 saturated heterocycles. The number of ether oxygens (including phenoxy) is 1. The van der Waals surface area contributed by atoms with Crippen LogP contribution in [0.4, 0.5) is 5.69 Å². The Morgan fingerprint density at radius 3 is 2.71 bits per heavy atom. The van der Waals surface area contributed by atoms with E-state index in [-0.39, 0.29) is 24.4 Å². The summed E-state index contributed by atoms with van der Waals surface area (Å²) < 4.78 is 5.88. The van der Waals surface area contributed by atoms with Crippen molar-refractivity contribution in [2.75, 3.05) is 18.9 Å². The van der Waals surface area contributed by atoms with Crippen LogP contribution in [0.15, 0.2) is 18.2 Å². The summed E-state index contributed by atoms with van der Waals surface area (Å²) in [6.07, 6.45) is 5.36. The quantitative estimate of drug-likeness (QED) is 0.836. The van der Waals surface area contributed by atoms with E-state index in [1.165, 1.54) is 12.8 Å². The highest BCUT2D eigenvalue weighted by Crippen LogP contribution is 2.31. The lowest BCUT2D eigenvalue weighted by atomic mass is 10.2. The topological polar surface area (TPSA) is 50.4 Å². The summed E-state index contributed by atoms with van der Waals surface area (Å²) in [5, 5.41) is 6.30. The smallest absolute Gasteiger partial charge is 0.225 e. The van der Waals surface area contributed by atoms with Gasteiger partial charge in [-0.15, -0.1) is 12.4 Å². The van der Waals surface area contributed by atoms with Gasteiger partial charge in [0.15, 0.2) is 0 Å². The maximum atomic E-state index is 11.6. The van der Waals surface area contributed by atoms with Crippen molar-refractivity contribution in [1.29, 1.82) is 0 Å². The van der Waals surface area contributed by atoms with Crippen molar-refractivity contribution < 1.29 is 9.53 Å². The maximum absolute atomic E-state index is 11.6. The molecule has 1 aromatic carbocycles. The van der Waals surface area contributed by atoms with Crippen molar-refractivity contribution >= 4 is 35.6 Å². The highest BCUT2D eigenvalue weighted by Gasteiger charge is 2.17. The molecular weight excluding hydrogens is 311 g/mol. The molecule has 1 aliphatic rings. The largest absolute Gasteiger partial charge is 0.489 e. The number of hydrogen-bond acceptors (Lipinski definition) is 3. The van der Waals surface area contributed by atoms with Crippen LogP contribution in [0.1, 0.15) is 32.1 Å². The molecule has 0 aromatic heterocycles. The molecule has 1 saturated carbocycles. The molecule has 1 fully saturated rings. The predicted octanol–water partition coefficient (Wildman–Crippen LogP) is 3.63. The van der Waals surface area contributed by atoms with Crippen molar-refractivity contribution in [3.63, 3.8) is 0 Å². The summed E-state index contributed by atoms with van der Waals surface area (Å²) in [6, 6.07) is 5.39. The van der Waals surface area contributed by atoms with Gasteiger partial charge >= 0.3 is 0 Å². The van der Waals surface area contributed by atoms with Crippen LogP contribution in [-0.4, -0.2) is 25.6 Å². The number of hydrogen-bond donors (Lipinski definition) is 2. The van der Waals surface area contributed by atoms with E-state index >= 15 is 0 Å². The van der Waals surface area contributed by atoms with E-state index in [0.29, 0.717) is 29.4 Å². The van der Waals surface area contributed by atoms with E-state index < -0.39 is 0 Å². The third kappa shape index (κ3) is 5.73. The lowest BCUT2D eigenvalue weighted by Crippen LogP contribution is -2.18. The van der Waals surface area contributed by atoms with Crippen LogP contribution in [0.3, 0.4) is 0 Å². The Balaban J connectivity index is 0.00000220. The number of anilines is 1. The fraction of sp³-hybridized carbons (Fsp3) is 0.533. The first-order chi connectivity index (χ1) is 9.69. The van der Waals surface area contributed by atoms with Gasteiger partial charge in [0, 0.05) is 18.7 Å². The van der Waals surface area contributed by atoms with E-state index in [2.05, 4.69) is 10.6 Å². The molecule has 1 aliphatic carbocycles. The summed E-state index contributed by atoms with van der Waals surface area (Å²) in [6.45, 7) is 0.655. The molecule has 21 heavy (non-hydrogen) atoms. The third-order valence-corrected chi connectivity index (χ3v) is 3.71. The molecule has 1 amide bonds.